The summed E-state index contributed by atoms with van der Waals surface area (Å²) < 4.78 is 0. The van der Waals surface area contributed by atoms with E-state index in [-0.39, 0.29) is 6.03 Å². The van der Waals surface area contributed by atoms with Crippen LogP contribution in [0.25, 0.3) is 11.3 Å². The van der Waals surface area contributed by atoms with Crippen molar-refractivity contribution in [1.29, 1.82) is 0 Å². The minimum Gasteiger partial charge on any atom is -0.398 e. The summed E-state index contributed by atoms with van der Waals surface area (Å²) in [5.74, 6) is 1.99. The number of hydrogen-bond acceptors (Lipinski definition) is 5. The first-order valence-electron chi connectivity index (χ1n) is 6.68. The summed E-state index contributed by atoms with van der Waals surface area (Å²) in [7, 11) is 0. The zero-order chi connectivity index (χ0) is 14.7. The minimum absolute atomic E-state index is 0.0720. The van der Waals surface area contributed by atoms with Gasteiger partial charge in [0.15, 0.2) is 5.13 Å². The number of para-hydroxylation sites is 1. The zero-order valence-corrected chi connectivity index (χ0v) is 13.0. The van der Waals surface area contributed by atoms with Crippen LogP contribution in [0.5, 0.6) is 0 Å². The summed E-state index contributed by atoms with van der Waals surface area (Å²) >= 11 is 3.29. The highest BCUT2D eigenvalue weighted by molar-refractivity contribution is 7.99. The number of thiazole rings is 1. The molecule has 0 aliphatic carbocycles. The summed E-state index contributed by atoms with van der Waals surface area (Å²) in [6.07, 6.45) is 0. The van der Waals surface area contributed by atoms with Crippen molar-refractivity contribution in [3.8, 4) is 11.3 Å². The number of nitrogens with zero attached hydrogens (tertiary/aromatic N) is 2. The summed E-state index contributed by atoms with van der Waals surface area (Å²) in [5, 5.41) is 5.38. The first-order valence-corrected chi connectivity index (χ1v) is 8.71. The number of rotatable bonds is 2. The second-order valence-electron chi connectivity index (χ2n) is 4.65. The van der Waals surface area contributed by atoms with Gasteiger partial charge in [-0.25, -0.2) is 9.78 Å². The van der Waals surface area contributed by atoms with Gasteiger partial charge in [0.05, 0.1) is 5.69 Å². The molecule has 0 atom stereocenters. The monoisotopic (exact) mass is 320 g/mol. The number of urea groups is 1. The maximum atomic E-state index is 12.1. The molecule has 0 spiro atoms. The molecule has 1 aromatic carbocycles. The van der Waals surface area contributed by atoms with Gasteiger partial charge in [-0.05, 0) is 6.07 Å². The van der Waals surface area contributed by atoms with Crippen molar-refractivity contribution in [2.45, 2.75) is 0 Å². The maximum absolute atomic E-state index is 12.1. The smallest absolute Gasteiger partial charge is 0.323 e. The van der Waals surface area contributed by atoms with Crippen LogP contribution in [0.4, 0.5) is 15.6 Å². The molecule has 110 valence electrons. The van der Waals surface area contributed by atoms with Crippen molar-refractivity contribution >= 4 is 39.9 Å². The predicted octanol–water partition coefficient (Wildman–Crippen LogP) is 2.97. The lowest BCUT2D eigenvalue weighted by Gasteiger charge is -2.25. The quantitative estimate of drug-likeness (QED) is 0.835. The third-order valence-electron chi connectivity index (χ3n) is 3.25. The molecule has 0 saturated carbocycles. The number of amides is 2. The third-order valence-corrected chi connectivity index (χ3v) is 4.95. The van der Waals surface area contributed by atoms with E-state index in [9.17, 15) is 4.79 Å². The number of aromatic nitrogens is 1. The van der Waals surface area contributed by atoms with Gasteiger partial charge >= 0.3 is 6.03 Å². The van der Waals surface area contributed by atoms with Crippen molar-refractivity contribution in [2.75, 3.05) is 35.6 Å². The van der Waals surface area contributed by atoms with Crippen LogP contribution in [0.15, 0.2) is 29.6 Å². The van der Waals surface area contributed by atoms with Crippen LogP contribution < -0.4 is 11.1 Å². The van der Waals surface area contributed by atoms with Crippen molar-refractivity contribution in [3.05, 3.63) is 29.6 Å². The Hall–Kier alpha value is -1.73. The topological polar surface area (TPSA) is 71.2 Å². The first-order chi connectivity index (χ1) is 10.2. The molecule has 2 aromatic rings. The zero-order valence-electron chi connectivity index (χ0n) is 11.4. The lowest BCUT2D eigenvalue weighted by Crippen LogP contribution is -2.40. The molecular formula is C14H16N4OS2. The molecule has 3 rings (SSSR count). The van der Waals surface area contributed by atoms with E-state index < -0.39 is 0 Å². The predicted molar refractivity (Wildman–Crippen MR) is 89.9 cm³/mol. The van der Waals surface area contributed by atoms with E-state index >= 15 is 0 Å². The van der Waals surface area contributed by atoms with Gasteiger partial charge in [0.25, 0.3) is 0 Å². The molecule has 2 heterocycles. The van der Waals surface area contributed by atoms with Crippen LogP contribution in [0.2, 0.25) is 0 Å². The third kappa shape index (κ3) is 3.30. The SMILES string of the molecule is Nc1ccccc1-c1csc(NC(=O)N2CCSCC2)n1. The Morgan fingerprint density at radius 3 is 2.81 bits per heavy atom. The van der Waals surface area contributed by atoms with E-state index in [1.165, 1.54) is 11.3 Å². The molecule has 3 N–H and O–H groups in total. The normalized spacial score (nSPS) is 15.0. The number of nitrogens with two attached hydrogens (primary N) is 1. The van der Waals surface area contributed by atoms with Crippen LogP contribution in [0.1, 0.15) is 0 Å². The Labute approximate surface area is 131 Å². The van der Waals surface area contributed by atoms with Gasteiger partial charge < -0.3 is 10.6 Å². The maximum Gasteiger partial charge on any atom is 0.323 e. The fourth-order valence-electron chi connectivity index (χ4n) is 2.12. The number of carbonyl (C=O) groups excluding carboxylic acids is 1. The van der Waals surface area contributed by atoms with E-state index in [1.807, 2.05) is 46.3 Å². The van der Waals surface area contributed by atoms with Gasteiger partial charge in [-0.3, -0.25) is 5.32 Å². The standard InChI is InChI=1S/C14H16N4OS2/c15-11-4-2-1-3-10(11)12-9-21-13(16-12)17-14(19)18-5-7-20-8-6-18/h1-4,9H,5-8,15H2,(H,16,17,19). The summed E-state index contributed by atoms with van der Waals surface area (Å²) in [6, 6.07) is 7.52. The van der Waals surface area contributed by atoms with Gasteiger partial charge in [0.2, 0.25) is 0 Å². The van der Waals surface area contributed by atoms with Crippen molar-refractivity contribution in [1.82, 2.24) is 9.88 Å². The van der Waals surface area contributed by atoms with Gasteiger partial charge in [0.1, 0.15) is 0 Å². The first kappa shape index (κ1) is 14.2. The molecule has 5 nitrogen and oxygen atoms in total. The molecule has 0 radical (unpaired) electrons. The number of hydrogen-bond donors (Lipinski definition) is 2. The molecule has 1 aromatic heterocycles. The van der Waals surface area contributed by atoms with Gasteiger partial charge in [0, 0.05) is 41.2 Å². The summed E-state index contributed by atoms with van der Waals surface area (Å²) in [4.78, 5) is 18.4. The Morgan fingerprint density at radius 2 is 2.05 bits per heavy atom. The molecule has 0 unspecified atom stereocenters. The second-order valence-corrected chi connectivity index (χ2v) is 6.74. The molecule has 1 fully saturated rings. The number of anilines is 2. The van der Waals surface area contributed by atoms with Crippen molar-refractivity contribution in [2.24, 2.45) is 0 Å². The highest BCUT2D eigenvalue weighted by atomic mass is 32.2. The molecule has 21 heavy (non-hydrogen) atoms. The van der Waals surface area contributed by atoms with Gasteiger partial charge in [-0.15, -0.1) is 11.3 Å². The summed E-state index contributed by atoms with van der Waals surface area (Å²) in [6.45, 7) is 1.58. The molecule has 0 bridgehead atoms. The van der Waals surface area contributed by atoms with Gasteiger partial charge in [-0.2, -0.15) is 11.8 Å². The molecule has 1 aliphatic rings. The lowest BCUT2D eigenvalue weighted by atomic mass is 10.1. The molecule has 1 saturated heterocycles. The Kier molecular flexibility index (Phi) is 4.31. The van der Waals surface area contributed by atoms with E-state index in [0.717, 1.165) is 35.9 Å². The lowest BCUT2D eigenvalue weighted by molar-refractivity contribution is 0.217. The van der Waals surface area contributed by atoms with E-state index in [1.54, 1.807) is 0 Å². The van der Waals surface area contributed by atoms with Crippen LogP contribution in [-0.2, 0) is 0 Å². The number of nitrogen functional groups attached to an aromatic ring is 1. The van der Waals surface area contributed by atoms with E-state index in [4.69, 9.17) is 5.73 Å². The average molecular weight is 320 g/mol. The number of nitrogens with one attached hydrogen (secondary N) is 1. The van der Waals surface area contributed by atoms with Crippen LogP contribution >= 0.6 is 23.1 Å². The molecule has 2 amide bonds. The van der Waals surface area contributed by atoms with Gasteiger partial charge in [-0.1, -0.05) is 18.2 Å². The van der Waals surface area contributed by atoms with E-state index in [2.05, 4.69) is 10.3 Å². The van der Waals surface area contributed by atoms with Crippen LogP contribution in [0.3, 0.4) is 0 Å². The van der Waals surface area contributed by atoms with E-state index in [0.29, 0.717) is 10.8 Å². The largest absolute Gasteiger partial charge is 0.398 e. The number of benzene rings is 1. The fourth-order valence-corrected chi connectivity index (χ4v) is 3.73. The number of thioether (sulfide) groups is 1. The minimum atomic E-state index is -0.0720. The Morgan fingerprint density at radius 1 is 1.29 bits per heavy atom. The Balaban J connectivity index is 1.70. The Bertz CT molecular complexity index is 637. The number of carbonyl (C=O) groups is 1. The summed E-state index contributed by atoms with van der Waals surface area (Å²) in [5.41, 5.74) is 8.32. The molecular weight excluding hydrogens is 304 g/mol. The second kappa shape index (κ2) is 6.36. The fraction of sp³-hybridized carbons (Fsp3) is 0.286. The molecule has 1 aliphatic heterocycles. The van der Waals surface area contributed by atoms with Crippen molar-refractivity contribution < 1.29 is 4.79 Å². The van der Waals surface area contributed by atoms with Crippen LogP contribution in [-0.4, -0.2) is 40.5 Å². The average Bonchev–Trinajstić information content (AvgIpc) is 2.97. The van der Waals surface area contributed by atoms with Crippen molar-refractivity contribution in [3.63, 3.8) is 0 Å². The molecule has 7 heteroatoms. The highest BCUT2D eigenvalue weighted by Gasteiger charge is 2.18. The highest BCUT2D eigenvalue weighted by Crippen LogP contribution is 2.29. The van der Waals surface area contributed by atoms with Crippen LogP contribution in [0, 0.1) is 0 Å².